The Morgan fingerprint density at radius 2 is 1.85 bits per heavy atom. The largest absolute Gasteiger partial charge is 0.463 e. The van der Waals surface area contributed by atoms with Crippen LogP contribution >= 0.6 is 22.9 Å². The summed E-state index contributed by atoms with van der Waals surface area (Å²) in [7, 11) is 0. The van der Waals surface area contributed by atoms with Crippen LogP contribution in [0.4, 0.5) is 5.69 Å². The summed E-state index contributed by atoms with van der Waals surface area (Å²) in [4.78, 5) is 43.9. The number of non-ortho nitro benzene ring substituents is 1. The van der Waals surface area contributed by atoms with Gasteiger partial charge in [-0.15, -0.1) is 0 Å². The zero-order valence-corrected chi connectivity index (χ0v) is 26.7. The number of aromatic nitrogens is 1. The molecule has 46 heavy (non-hydrogen) atoms. The van der Waals surface area contributed by atoms with E-state index in [9.17, 15) is 19.7 Å². The van der Waals surface area contributed by atoms with Crippen LogP contribution in [0.3, 0.4) is 0 Å². The molecule has 1 atom stereocenters. The minimum absolute atomic E-state index is 0.126. The van der Waals surface area contributed by atoms with Crippen molar-refractivity contribution in [1.29, 1.82) is 0 Å². The number of esters is 1. The molecule has 0 unspecified atom stereocenters. The van der Waals surface area contributed by atoms with Crippen LogP contribution in [0.15, 0.2) is 105 Å². The van der Waals surface area contributed by atoms with Crippen LogP contribution < -0.4 is 14.9 Å². The number of carbonyl (C=O) groups excluding carboxylic acids is 1. The number of halogens is 1. The average molecular weight is 654 g/mol. The number of nitro benzene ring substituents is 1. The van der Waals surface area contributed by atoms with Crippen molar-refractivity contribution in [2.75, 3.05) is 6.61 Å². The summed E-state index contributed by atoms with van der Waals surface area (Å²) in [5.41, 5.74) is 3.16. The fraction of sp³-hybridized carbons (Fsp3) is 0.171. The van der Waals surface area contributed by atoms with E-state index < -0.39 is 16.9 Å². The first-order chi connectivity index (χ1) is 22.2. The summed E-state index contributed by atoms with van der Waals surface area (Å²) in [6, 6.07) is 23.8. The van der Waals surface area contributed by atoms with Gasteiger partial charge in [-0.25, -0.2) is 9.79 Å². The highest BCUT2D eigenvalue weighted by molar-refractivity contribution is 7.07. The maximum absolute atomic E-state index is 14.2. The normalized spacial score (nSPS) is 14.7. The van der Waals surface area contributed by atoms with Gasteiger partial charge in [-0.05, 0) is 42.2 Å². The number of hydrogen-bond donors (Lipinski definition) is 0. The number of benzene rings is 3. The molecule has 0 bridgehead atoms. The summed E-state index contributed by atoms with van der Waals surface area (Å²) in [5, 5.41) is 11.6. The van der Waals surface area contributed by atoms with Crippen molar-refractivity contribution in [3.05, 3.63) is 148 Å². The first-order valence-corrected chi connectivity index (χ1v) is 15.8. The first kappa shape index (κ1) is 30.9. The molecule has 2 aromatic heterocycles. The number of hydrogen-bond acceptors (Lipinski definition) is 8. The van der Waals surface area contributed by atoms with Crippen molar-refractivity contribution >= 4 is 46.4 Å². The summed E-state index contributed by atoms with van der Waals surface area (Å²) in [6.07, 6.45) is 1.59. The quantitative estimate of drug-likeness (QED) is 0.102. The van der Waals surface area contributed by atoms with Gasteiger partial charge in [-0.2, -0.15) is 0 Å². The van der Waals surface area contributed by atoms with Crippen LogP contribution in [0, 0.1) is 10.1 Å². The molecule has 232 valence electrons. The number of thiazole rings is 1. The number of furan rings is 1. The third-order valence-corrected chi connectivity index (χ3v) is 8.93. The maximum Gasteiger partial charge on any atom is 0.338 e. The molecule has 0 N–H and O–H groups in total. The fourth-order valence-electron chi connectivity index (χ4n) is 5.34. The average Bonchev–Trinajstić information content (AvgIpc) is 3.64. The molecule has 0 spiro atoms. The summed E-state index contributed by atoms with van der Waals surface area (Å²) in [6.45, 7) is 6.09. The molecule has 9 nitrogen and oxygen atoms in total. The van der Waals surface area contributed by atoms with Crippen LogP contribution in [-0.2, 0) is 9.53 Å². The lowest BCUT2D eigenvalue weighted by Crippen LogP contribution is -2.40. The van der Waals surface area contributed by atoms with Gasteiger partial charge in [0.15, 0.2) is 4.80 Å². The molecule has 1 aliphatic rings. The highest BCUT2D eigenvalue weighted by Crippen LogP contribution is 2.36. The lowest BCUT2D eigenvalue weighted by Gasteiger charge is -2.26. The highest BCUT2D eigenvalue weighted by Gasteiger charge is 2.35. The van der Waals surface area contributed by atoms with E-state index in [1.807, 2.05) is 54.6 Å². The van der Waals surface area contributed by atoms with E-state index >= 15 is 0 Å². The number of carbonyl (C=O) groups is 1. The minimum atomic E-state index is -0.801. The fourth-order valence-corrected chi connectivity index (χ4v) is 6.53. The van der Waals surface area contributed by atoms with E-state index in [1.165, 1.54) is 34.1 Å². The number of rotatable bonds is 8. The number of ether oxygens (including phenoxy) is 1. The van der Waals surface area contributed by atoms with E-state index in [2.05, 4.69) is 13.8 Å². The first-order valence-electron chi connectivity index (χ1n) is 14.6. The Bertz CT molecular complexity index is 2180. The van der Waals surface area contributed by atoms with Gasteiger partial charge in [0.2, 0.25) is 0 Å². The molecule has 0 amide bonds. The summed E-state index contributed by atoms with van der Waals surface area (Å²) < 4.78 is 13.4. The third-order valence-electron chi connectivity index (χ3n) is 7.62. The van der Waals surface area contributed by atoms with Gasteiger partial charge in [-0.1, -0.05) is 91.4 Å². The lowest BCUT2D eigenvalue weighted by atomic mass is 9.91. The van der Waals surface area contributed by atoms with Crippen LogP contribution in [-0.4, -0.2) is 22.1 Å². The van der Waals surface area contributed by atoms with E-state index in [0.29, 0.717) is 38.0 Å². The van der Waals surface area contributed by atoms with Crippen molar-refractivity contribution in [2.45, 2.75) is 32.7 Å². The SMILES string of the molecule is CCOC(=O)C1=C(c2ccccc2)N=c2s/c(=C\c3ccc(-c4cc([N+](=O)[O-])ccc4Cl)o3)c(=O)n2[C@H]1c1ccc(C(C)C)cc1. The molecule has 5 aromatic rings. The predicted octanol–water partition coefficient (Wildman–Crippen LogP) is 6.88. The van der Waals surface area contributed by atoms with Crippen molar-refractivity contribution < 1.29 is 18.9 Å². The monoisotopic (exact) mass is 653 g/mol. The molecule has 3 heterocycles. The number of nitro groups is 1. The molecular weight excluding hydrogens is 626 g/mol. The molecular formula is C35H28ClN3O6S. The van der Waals surface area contributed by atoms with Crippen molar-refractivity contribution in [3.63, 3.8) is 0 Å². The smallest absolute Gasteiger partial charge is 0.338 e. The van der Waals surface area contributed by atoms with Crippen molar-refractivity contribution in [2.24, 2.45) is 4.99 Å². The second-order valence-electron chi connectivity index (χ2n) is 10.9. The zero-order valence-electron chi connectivity index (χ0n) is 25.1. The van der Waals surface area contributed by atoms with Gasteiger partial charge in [0.25, 0.3) is 11.2 Å². The minimum Gasteiger partial charge on any atom is -0.463 e. The summed E-state index contributed by atoms with van der Waals surface area (Å²) in [5.74, 6) is 0.397. The molecule has 1 aliphatic heterocycles. The molecule has 11 heteroatoms. The standard InChI is InChI=1S/C35H28ClN3O6S/c1-4-44-34(41)30-31(22-8-6-5-7-9-22)37-35-38(32(30)23-12-10-21(11-13-23)20(2)3)33(40)29(46-35)19-25-15-17-28(45-25)26-18-24(39(42)43)14-16-27(26)36/h5-20,32H,4H2,1-3H3/b29-19-/t32-/m0/s1. The van der Waals surface area contributed by atoms with Crippen molar-refractivity contribution in [3.8, 4) is 11.3 Å². The van der Waals surface area contributed by atoms with E-state index in [4.69, 9.17) is 25.7 Å². The lowest BCUT2D eigenvalue weighted by molar-refractivity contribution is -0.384. The third kappa shape index (κ3) is 5.84. The highest BCUT2D eigenvalue weighted by atomic mass is 35.5. The Hall–Kier alpha value is -5.06. The van der Waals surface area contributed by atoms with E-state index in [1.54, 1.807) is 25.1 Å². The Balaban J connectivity index is 1.54. The van der Waals surface area contributed by atoms with Crippen LogP contribution in [0.25, 0.3) is 23.1 Å². The molecule has 0 saturated heterocycles. The van der Waals surface area contributed by atoms with Crippen LogP contribution in [0.2, 0.25) is 5.02 Å². The van der Waals surface area contributed by atoms with Gasteiger partial charge in [0.1, 0.15) is 11.5 Å². The Morgan fingerprint density at radius 1 is 1.11 bits per heavy atom. The Morgan fingerprint density at radius 3 is 2.52 bits per heavy atom. The Labute approximate surface area is 272 Å². The maximum atomic E-state index is 14.2. The number of nitrogens with zero attached hydrogens (tertiary/aromatic N) is 3. The van der Waals surface area contributed by atoms with E-state index in [-0.39, 0.29) is 28.4 Å². The topological polar surface area (TPSA) is 117 Å². The molecule has 6 rings (SSSR count). The van der Waals surface area contributed by atoms with Crippen molar-refractivity contribution in [1.82, 2.24) is 4.57 Å². The Kier molecular flexibility index (Phi) is 8.57. The van der Waals surface area contributed by atoms with Gasteiger partial charge in [0.05, 0.1) is 38.4 Å². The summed E-state index contributed by atoms with van der Waals surface area (Å²) >= 11 is 7.50. The van der Waals surface area contributed by atoms with Gasteiger partial charge >= 0.3 is 5.97 Å². The number of fused-ring (bicyclic) bond motifs is 1. The molecule has 3 aromatic carbocycles. The van der Waals surface area contributed by atoms with Crippen LogP contribution in [0.1, 0.15) is 55.2 Å². The second kappa shape index (κ2) is 12.7. The molecule has 0 radical (unpaired) electrons. The molecule has 0 aliphatic carbocycles. The predicted molar refractivity (Wildman–Crippen MR) is 177 cm³/mol. The van der Waals surface area contributed by atoms with E-state index in [0.717, 1.165) is 16.7 Å². The van der Waals surface area contributed by atoms with Gasteiger partial charge < -0.3 is 9.15 Å². The second-order valence-corrected chi connectivity index (χ2v) is 12.3. The van der Waals surface area contributed by atoms with Crippen LogP contribution in [0.5, 0.6) is 0 Å². The zero-order chi connectivity index (χ0) is 32.5. The molecule has 0 saturated carbocycles. The van der Waals surface area contributed by atoms with Gasteiger partial charge in [0, 0.05) is 29.3 Å². The van der Waals surface area contributed by atoms with Gasteiger partial charge in [-0.3, -0.25) is 19.5 Å². The molecule has 0 fully saturated rings.